The number of nitrogens with one attached hydrogen (secondary N) is 1. The van der Waals surface area contributed by atoms with Gasteiger partial charge in [0.1, 0.15) is 17.5 Å². The number of hydrogen-bond donors (Lipinski definition) is 2. The van der Waals surface area contributed by atoms with Gasteiger partial charge in [-0.2, -0.15) is 0 Å². The van der Waals surface area contributed by atoms with E-state index in [4.69, 9.17) is 5.73 Å². The second kappa shape index (κ2) is 5.82. The monoisotopic (exact) mass is 237 g/mol. The van der Waals surface area contributed by atoms with E-state index in [0.717, 1.165) is 17.5 Å². The Kier molecular flexibility index (Phi) is 4.69. The Labute approximate surface area is 103 Å². The van der Waals surface area contributed by atoms with Crippen LogP contribution in [0.1, 0.15) is 26.6 Å². The average molecular weight is 237 g/mol. The van der Waals surface area contributed by atoms with E-state index in [0.29, 0.717) is 12.6 Å². The summed E-state index contributed by atoms with van der Waals surface area (Å²) in [6, 6.07) is 2.57. The molecule has 0 aromatic carbocycles. The van der Waals surface area contributed by atoms with Crippen molar-refractivity contribution in [1.82, 2.24) is 9.97 Å². The maximum Gasteiger partial charge on any atom is 0.134 e. The normalized spacial score (nSPS) is 12.6. The third kappa shape index (κ3) is 3.85. The average Bonchev–Trinajstić information content (AvgIpc) is 2.25. The number of nitrogens with two attached hydrogens (primary N) is 1. The van der Waals surface area contributed by atoms with Crippen LogP contribution in [0.15, 0.2) is 6.07 Å². The molecule has 0 spiro atoms. The number of likely N-dealkylation sites (N-methyl/N-ethyl adjacent to an activating group) is 1. The molecule has 0 aliphatic rings. The molecule has 0 bridgehead atoms. The summed E-state index contributed by atoms with van der Waals surface area (Å²) in [7, 11) is 2.00. The summed E-state index contributed by atoms with van der Waals surface area (Å²) in [5, 5.41) is 3.29. The zero-order valence-electron chi connectivity index (χ0n) is 11.4. The lowest BCUT2D eigenvalue weighted by atomic mass is 10.3. The molecule has 5 heteroatoms. The molecule has 1 unspecified atom stereocenters. The van der Waals surface area contributed by atoms with E-state index >= 15 is 0 Å². The summed E-state index contributed by atoms with van der Waals surface area (Å²) in [6.45, 7) is 8.75. The van der Waals surface area contributed by atoms with Gasteiger partial charge >= 0.3 is 0 Å². The zero-order valence-corrected chi connectivity index (χ0v) is 11.4. The molecule has 0 saturated heterocycles. The zero-order chi connectivity index (χ0) is 13.0. The van der Waals surface area contributed by atoms with Crippen molar-refractivity contribution in [3.05, 3.63) is 11.9 Å². The molecule has 1 rings (SSSR count). The highest BCUT2D eigenvalue weighted by Crippen LogP contribution is 2.16. The first-order chi connectivity index (χ1) is 7.93. The minimum absolute atomic E-state index is 0.260. The van der Waals surface area contributed by atoms with E-state index in [1.807, 2.05) is 20.0 Å². The second-order valence-corrected chi connectivity index (χ2v) is 4.65. The minimum atomic E-state index is 0.260. The molecule has 1 heterocycles. The third-order valence-corrected chi connectivity index (χ3v) is 2.62. The van der Waals surface area contributed by atoms with Gasteiger partial charge < -0.3 is 16.0 Å². The van der Waals surface area contributed by atoms with Gasteiger partial charge in [0, 0.05) is 31.7 Å². The van der Waals surface area contributed by atoms with Crippen molar-refractivity contribution < 1.29 is 0 Å². The van der Waals surface area contributed by atoms with Crippen LogP contribution in [-0.4, -0.2) is 35.6 Å². The van der Waals surface area contributed by atoms with E-state index in [-0.39, 0.29) is 6.04 Å². The van der Waals surface area contributed by atoms with Crippen LogP contribution in [0.3, 0.4) is 0 Å². The van der Waals surface area contributed by atoms with Gasteiger partial charge in [0.05, 0.1) is 0 Å². The first-order valence-electron chi connectivity index (χ1n) is 5.99. The van der Waals surface area contributed by atoms with Crippen LogP contribution in [0, 0.1) is 6.92 Å². The summed E-state index contributed by atoms with van der Waals surface area (Å²) in [4.78, 5) is 10.9. The van der Waals surface area contributed by atoms with Crippen LogP contribution in [0.2, 0.25) is 0 Å². The summed E-state index contributed by atoms with van der Waals surface area (Å²) in [6.07, 6.45) is 0. The number of hydrogen-bond acceptors (Lipinski definition) is 5. The first-order valence-corrected chi connectivity index (χ1v) is 5.99. The molecule has 17 heavy (non-hydrogen) atoms. The minimum Gasteiger partial charge on any atom is -0.368 e. The van der Waals surface area contributed by atoms with Crippen molar-refractivity contribution in [1.29, 1.82) is 0 Å². The Hall–Kier alpha value is -1.36. The van der Waals surface area contributed by atoms with Crippen LogP contribution in [-0.2, 0) is 0 Å². The van der Waals surface area contributed by atoms with Crippen molar-refractivity contribution in [2.75, 3.05) is 23.8 Å². The van der Waals surface area contributed by atoms with Crippen molar-refractivity contribution >= 4 is 11.6 Å². The largest absolute Gasteiger partial charge is 0.368 e. The quantitative estimate of drug-likeness (QED) is 0.810. The number of nitrogens with zero attached hydrogens (tertiary/aromatic N) is 3. The van der Waals surface area contributed by atoms with Gasteiger partial charge in [0.2, 0.25) is 0 Å². The van der Waals surface area contributed by atoms with Crippen molar-refractivity contribution in [2.45, 2.75) is 39.8 Å². The topological polar surface area (TPSA) is 67.1 Å². The Balaban J connectivity index is 2.96. The molecule has 0 amide bonds. The van der Waals surface area contributed by atoms with E-state index < -0.39 is 0 Å². The smallest absolute Gasteiger partial charge is 0.134 e. The highest BCUT2D eigenvalue weighted by molar-refractivity contribution is 5.49. The summed E-state index contributed by atoms with van der Waals surface area (Å²) in [5.41, 5.74) is 5.67. The molecule has 0 aliphatic heterocycles. The predicted octanol–water partition coefficient (Wildman–Crippen LogP) is 1.39. The molecule has 1 atom stereocenters. The number of aryl methyl sites for hydroxylation is 1. The van der Waals surface area contributed by atoms with Crippen LogP contribution in [0.25, 0.3) is 0 Å². The molecule has 0 saturated carbocycles. The number of rotatable bonds is 5. The van der Waals surface area contributed by atoms with Gasteiger partial charge in [-0.05, 0) is 27.7 Å². The first kappa shape index (κ1) is 13.7. The maximum atomic E-state index is 5.67. The van der Waals surface area contributed by atoms with Crippen LogP contribution < -0.4 is 16.0 Å². The summed E-state index contributed by atoms with van der Waals surface area (Å²) < 4.78 is 0. The van der Waals surface area contributed by atoms with Gasteiger partial charge in [-0.3, -0.25) is 0 Å². The molecule has 0 fully saturated rings. The molecule has 1 aromatic heterocycles. The molecular formula is C12H23N5. The van der Waals surface area contributed by atoms with Crippen LogP contribution in [0.5, 0.6) is 0 Å². The maximum absolute atomic E-state index is 5.67. The molecule has 5 nitrogen and oxygen atoms in total. The van der Waals surface area contributed by atoms with Gasteiger partial charge in [0.25, 0.3) is 0 Å². The molecule has 1 aromatic rings. The second-order valence-electron chi connectivity index (χ2n) is 4.65. The standard InChI is InChI=1S/C12H23N5/c1-8(2)14-11-6-12(16-10(4)15-11)17(5)9(3)7-13/h6,8-9H,7,13H2,1-5H3,(H,14,15,16). The van der Waals surface area contributed by atoms with Gasteiger partial charge in [-0.15, -0.1) is 0 Å². The summed E-state index contributed by atoms with van der Waals surface area (Å²) in [5.74, 6) is 2.53. The molecule has 3 N–H and O–H groups in total. The molecule has 96 valence electrons. The fourth-order valence-electron chi connectivity index (χ4n) is 1.49. The van der Waals surface area contributed by atoms with E-state index in [1.165, 1.54) is 0 Å². The fraction of sp³-hybridized carbons (Fsp3) is 0.667. The Morgan fingerprint density at radius 1 is 1.35 bits per heavy atom. The van der Waals surface area contributed by atoms with Crippen LogP contribution >= 0.6 is 0 Å². The third-order valence-electron chi connectivity index (χ3n) is 2.62. The van der Waals surface area contributed by atoms with Crippen LogP contribution in [0.4, 0.5) is 11.6 Å². The molecular weight excluding hydrogens is 214 g/mol. The van der Waals surface area contributed by atoms with Gasteiger partial charge in [-0.1, -0.05) is 0 Å². The lowest BCUT2D eigenvalue weighted by Gasteiger charge is -2.25. The highest BCUT2D eigenvalue weighted by Gasteiger charge is 2.11. The Bertz CT molecular complexity index is 364. The number of anilines is 2. The SMILES string of the molecule is Cc1nc(NC(C)C)cc(N(C)C(C)CN)n1. The van der Waals surface area contributed by atoms with Gasteiger partial charge in [0.15, 0.2) is 0 Å². The highest BCUT2D eigenvalue weighted by atomic mass is 15.2. The molecule has 0 aliphatic carbocycles. The van der Waals surface area contributed by atoms with E-state index in [9.17, 15) is 0 Å². The van der Waals surface area contributed by atoms with Crippen molar-refractivity contribution in [3.8, 4) is 0 Å². The number of aromatic nitrogens is 2. The fourth-order valence-corrected chi connectivity index (χ4v) is 1.49. The Morgan fingerprint density at radius 3 is 2.53 bits per heavy atom. The van der Waals surface area contributed by atoms with Crippen molar-refractivity contribution in [3.63, 3.8) is 0 Å². The van der Waals surface area contributed by atoms with E-state index in [2.05, 4.69) is 41.0 Å². The van der Waals surface area contributed by atoms with Crippen molar-refractivity contribution in [2.24, 2.45) is 5.73 Å². The predicted molar refractivity (Wildman–Crippen MR) is 72.4 cm³/mol. The van der Waals surface area contributed by atoms with E-state index in [1.54, 1.807) is 0 Å². The summed E-state index contributed by atoms with van der Waals surface area (Å²) >= 11 is 0. The van der Waals surface area contributed by atoms with Gasteiger partial charge in [-0.25, -0.2) is 9.97 Å². The lowest BCUT2D eigenvalue weighted by Crippen LogP contribution is -2.36. The lowest BCUT2D eigenvalue weighted by molar-refractivity contribution is 0.685. The Morgan fingerprint density at radius 2 is 2.00 bits per heavy atom. The molecule has 0 radical (unpaired) electrons.